The lowest BCUT2D eigenvalue weighted by atomic mass is 10.2. The second kappa shape index (κ2) is 24.6. The average Bonchev–Trinajstić information content (AvgIpc) is 2.69. The lowest BCUT2D eigenvalue weighted by Crippen LogP contribution is -2.32. The Balaban J connectivity index is -0.000000130. The number of benzene rings is 1. The maximum Gasteiger partial charge on any atom is 0.407 e. The number of rotatable bonds is 8. The van der Waals surface area contributed by atoms with E-state index in [2.05, 4.69) is 24.4 Å². The molecule has 0 atom stereocenters. The third-order valence-corrected chi connectivity index (χ3v) is 3.58. The van der Waals surface area contributed by atoms with Crippen molar-refractivity contribution in [1.29, 1.82) is 0 Å². The highest BCUT2D eigenvalue weighted by atomic mass is 16.6. The lowest BCUT2D eigenvalue weighted by molar-refractivity contribution is -0.154. The molecule has 6 heteroatoms. The van der Waals surface area contributed by atoms with E-state index in [1.807, 2.05) is 73.6 Å². The Kier molecular flexibility index (Phi) is 30.0. The van der Waals surface area contributed by atoms with Crippen molar-refractivity contribution in [3.05, 3.63) is 35.9 Å². The molecule has 0 saturated carbocycles. The first-order chi connectivity index (χ1) is 15.2. The van der Waals surface area contributed by atoms with Gasteiger partial charge in [-0.05, 0) is 67.4 Å². The highest BCUT2D eigenvalue weighted by molar-refractivity contribution is 5.69. The molecule has 1 N–H and O–H groups in total. The number of hydrogen-bond acceptors (Lipinski definition) is 5. The van der Waals surface area contributed by atoms with Gasteiger partial charge < -0.3 is 19.5 Å². The summed E-state index contributed by atoms with van der Waals surface area (Å²) < 4.78 is 15.4. The molecular weight excluding hydrogens is 454 g/mol. The summed E-state index contributed by atoms with van der Waals surface area (Å²) >= 11 is 0. The Hall–Kier alpha value is -2.08. The molecule has 0 heterocycles. The van der Waals surface area contributed by atoms with Gasteiger partial charge in [0.1, 0.15) is 11.2 Å². The number of hydrogen-bond donors (Lipinski definition) is 1. The molecule has 0 aromatic heterocycles. The standard InChI is InChI=1S/C10H21NO2.C10H14O.C7H14O2.3CH4/c1-5-6-7-8-11-9(12)13-10(2,3)4;1-9(2)11-8-10-6-4-3-5-7-10;1-5-6(8)9-7(2,3)4;;;/h5-8H2,1-4H3,(H,11,12);3-7,9H,8H2,1-2H3;5H2,1-4H3;3*1H4. The number of ether oxygens (including phenoxy) is 3. The van der Waals surface area contributed by atoms with Crippen molar-refractivity contribution in [3.8, 4) is 0 Å². The van der Waals surface area contributed by atoms with Crippen molar-refractivity contribution in [1.82, 2.24) is 5.32 Å². The Bertz CT molecular complexity index is 616. The zero-order chi connectivity index (χ0) is 25.9. The van der Waals surface area contributed by atoms with Crippen molar-refractivity contribution >= 4 is 12.1 Å². The van der Waals surface area contributed by atoms with E-state index < -0.39 is 5.60 Å². The molecule has 0 aliphatic rings. The molecule has 0 aliphatic heterocycles. The molecule has 1 amide bonds. The SMILES string of the molecule is C.C.C.CC(C)OCc1ccccc1.CCC(=O)OC(C)(C)C.CCCCCNC(=O)OC(C)(C)C. The summed E-state index contributed by atoms with van der Waals surface area (Å²) in [4.78, 5) is 21.7. The number of esters is 1. The van der Waals surface area contributed by atoms with Gasteiger partial charge in [-0.15, -0.1) is 0 Å². The highest BCUT2D eigenvalue weighted by Gasteiger charge is 2.15. The third-order valence-electron chi connectivity index (χ3n) is 3.58. The molecule has 0 unspecified atom stereocenters. The Morgan fingerprint density at radius 3 is 1.69 bits per heavy atom. The van der Waals surface area contributed by atoms with Crippen molar-refractivity contribution in [2.45, 2.75) is 141 Å². The summed E-state index contributed by atoms with van der Waals surface area (Å²) in [7, 11) is 0. The molecule has 1 rings (SSSR count). The van der Waals surface area contributed by atoms with Gasteiger partial charge in [-0.25, -0.2) is 4.79 Å². The van der Waals surface area contributed by atoms with Gasteiger partial charge in [0.15, 0.2) is 0 Å². The van der Waals surface area contributed by atoms with Crippen molar-refractivity contribution in [2.24, 2.45) is 0 Å². The van der Waals surface area contributed by atoms with Crippen LogP contribution in [0.1, 0.15) is 123 Å². The van der Waals surface area contributed by atoms with Crippen LogP contribution >= 0.6 is 0 Å². The summed E-state index contributed by atoms with van der Waals surface area (Å²) in [6, 6.07) is 10.2. The normalized spacial score (nSPS) is 9.97. The van der Waals surface area contributed by atoms with Gasteiger partial charge in [-0.1, -0.05) is 79.3 Å². The first-order valence-corrected chi connectivity index (χ1v) is 12.0. The number of carbonyl (C=O) groups excluding carboxylic acids is 2. The van der Waals surface area contributed by atoms with Crippen LogP contribution in [-0.4, -0.2) is 35.9 Å². The van der Waals surface area contributed by atoms with Gasteiger partial charge in [-0.2, -0.15) is 0 Å². The number of alkyl carbamates (subject to hydrolysis) is 1. The van der Waals surface area contributed by atoms with Gasteiger partial charge in [-0.3, -0.25) is 4.79 Å². The van der Waals surface area contributed by atoms with Crippen LogP contribution in [0.3, 0.4) is 0 Å². The Morgan fingerprint density at radius 2 is 1.33 bits per heavy atom. The van der Waals surface area contributed by atoms with E-state index in [1.165, 1.54) is 5.56 Å². The van der Waals surface area contributed by atoms with E-state index in [0.717, 1.165) is 25.9 Å². The van der Waals surface area contributed by atoms with Crippen LogP contribution in [0.25, 0.3) is 0 Å². The van der Waals surface area contributed by atoms with Crippen LogP contribution in [-0.2, 0) is 25.6 Å². The summed E-state index contributed by atoms with van der Waals surface area (Å²) in [6.07, 6.45) is 3.79. The lowest BCUT2D eigenvalue weighted by Gasteiger charge is -2.19. The fourth-order valence-corrected chi connectivity index (χ4v) is 2.13. The van der Waals surface area contributed by atoms with Crippen molar-refractivity contribution in [3.63, 3.8) is 0 Å². The van der Waals surface area contributed by atoms with Crippen LogP contribution < -0.4 is 5.32 Å². The minimum atomic E-state index is -0.394. The fourth-order valence-electron chi connectivity index (χ4n) is 2.13. The van der Waals surface area contributed by atoms with Gasteiger partial charge in [0.2, 0.25) is 0 Å². The number of amides is 1. The Labute approximate surface area is 224 Å². The second-order valence-corrected chi connectivity index (χ2v) is 9.92. The van der Waals surface area contributed by atoms with E-state index in [9.17, 15) is 9.59 Å². The smallest absolute Gasteiger partial charge is 0.407 e. The summed E-state index contributed by atoms with van der Waals surface area (Å²) in [6.45, 7) is 20.6. The number of carbonyl (C=O) groups is 2. The summed E-state index contributed by atoms with van der Waals surface area (Å²) in [5.41, 5.74) is 0.517. The van der Waals surface area contributed by atoms with Crippen LogP contribution in [0, 0.1) is 0 Å². The zero-order valence-electron chi connectivity index (χ0n) is 22.7. The highest BCUT2D eigenvalue weighted by Crippen LogP contribution is 2.07. The molecule has 6 nitrogen and oxygen atoms in total. The molecule has 0 radical (unpaired) electrons. The molecule has 1 aromatic carbocycles. The van der Waals surface area contributed by atoms with E-state index in [4.69, 9.17) is 14.2 Å². The van der Waals surface area contributed by atoms with Crippen LogP contribution in [0.2, 0.25) is 0 Å². The van der Waals surface area contributed by atoms with E-state index >= 15 is 0 Å². The minimum Gasteiger partial charge on any atom is -0.460 e. The predicted molar refractivity (Wildman–Crippen MR) is 156 cm³/mol. The molecule has 216 valence electrons. The van der Waals surface area contributed by atoms with E-state index in [1.54, 1.807) is 6.92 Å². The molecule has 1 aromatic rings. The molecular formula is C30H61NO5. The first kappa shape index (κ1) is 44.0. The predicted octanol–water partition coefficient (Wildman–Crippen LogP) is 8.96. The van der Waals surface area contributed by atoms with Gasteiger partial charge in [0.25, 0.3) is 0 Å². The molecule has 0 bridgehead atoms. The van der Waals surface area contributed by atoms with Crippen molar-refractivity contribution < 1.29 is 23.8 Å². The largest absolute Gasteiger partial charge is 0.460 e. The molecule has 0 spiro atoms. The number of unbranched alkanes of at least 4 members (excludes halogenated alkanes) is 2. The quantitative estimate of drug-likeness (QED) is 0.276. The first-order valence-electron chi connectivity index (χ1n) is 12.0. The van der Waals surface area contributed by atoms with Crippen LogP contribution in [0.15, 0.2) is 30.3 Å². The Morgan fingerprint density at radius 1 is 0.833 bits per heavy atom. The topological polar surface area (TPSA) is 73.9 Å². The fraction of sp³-hybridized carbons (Fsp3) is 0.733. The van der Waals surface area contributed by atoms with Crippen LogP contribution in [0.5, 0.6) is 0 Å². The number of nitrogens with one attached hydrogen (secondary N) is 1. The monoisotopic (exact) mass is 515 g/mol. The third kappa shape index (κ3) is 36.5. The molecule has 0 saturated heterocycles. The molecule has 0 aliphatic carbocycles. The minimum absolute atomic E-state index is 0. The average molecular weight is 516 g/mol. The van der Waals surface area contributed by atoms with Gasteiger partial charge in [0.05, 0.1) is 12.7 Å². The van der Waals surface area contributed by atoms with E-state index in [-0.39, 0.29) is 39.9 Å². The second-order valence-electron chi connectivity index (χ2n) is 9.92. The van der Waals surface area contributed by atoms with E-state index in [0.29, 0.717) is 19.1 Å². The zero-order valence-corrected chi connectivity index (χ0v) is 22.7. The summed E-state index contributed by atoms with van der Waals surface area (Å²) in [5, 5.41) is 2.71. The maximum absolute atomic E-state index is 11.1. The van der Waals surface area contributed by atoms with Gasteiger partial charge >= 0.3 is 12.1 Å². The summed E-state index contributed by atoms with van der Waals surface area (Å²) in [5.74, 6) is -0.137. The molecule has 0 fully saturated rings. The maximum atomic E-state index is 11.1. The van der Waals surface area contributed by atoms with Crippen molar-refractivity contribution in [2.75, 3.05) is 6.54 Å². The van der Waals surface area contributed by atoms with Crippen LogP contribution in [0.4, 0.5) is 4.79 Å². The van der Waals surface area contributed by atoms with Gasteiger partial charge in [0, 0.05) is 13.0 Å². The molecule has 36 heavy (non-hydrogen) atoms.